The Morgan fingerprint density at radius 2 is 2.12 bits per heavy atom. The molecule has 1 unspecified atom stereocenters. The number of alkyl halides is 3. The van der Waals surface area contributed by atoms with Crippen LogP contribution in [-0.4, -0.2) is 27.4 Å². The Morgan fingerprint density at radius 1 is 1.42 bits per heavy atom. The van der Waals surface area contributed by atoms with Gasteiger partial charge in [-0.05, 0) is 18.2 Å². The highest BCUT2D eigenvalue weighted by Crippen LogP contribution is 2.40. The zero-order chi connectivity index (χ0) is 18.0. The number of nitrogens with one attached hydrogen (secondary N) is 1. The van der Waals surface area contributed by atoms with E-state index in [1.54, 1.807) is 0 Å². The fourth-order valence-electron chi connectivity index (χ4n) is 2.29. The summed E-state index contributed by atoms with van der Waals surface area (Å²) in [7, 11) is 1.37. The number of halogens is 4. The molecular weight excluding hydrogens is 345 g/mol. The molecule has 1 heterocycles. The fraction of sp³-hybridized carbons (Fsp3) is 0.333. The summed E-state index contributed by atoms with van der Waals surface area (Å²) in [6.45, 7) is -0.223. The number of nitrogens with zero attached hydrogens (tertiary/aromatic N) is 3. The average molecular weight is 359 g/mol. The fourth-order valence-corrected chi connectivity index (χ4v) is 2.46. The van der Waals surface area contributed by atoms with Crippen molar-refractivity contribution in [2.24, 2.45) is 7.05 Å². The Labute approximate surface area is 141 Å². The maximum atomic E-state index is 13.4. The number of imidazole rings is 1. The molecule has 5 nitrogen and oxygen atoms in total. The van der Waals surface area contributed by atoms with Crippen molar-refractivity contribution in [3.63, 3.8) is 0 Å². The molecule has 0 spiro atoms. The van der Waals surface area contributed by atoms with E-state index in [2.05, 4.69) is 10.3 Å². The Morgan fingerprint density at radius 3 is 2.67 bits per heavy atom. The summed E-state index contributed by atoms with van der Waals surface area (Å²) in [6, 6.07) is 6.31. The number of nitriles is 1. The molecule has 2 rings (SSSR count). The Balaban J connectivity index is 2.19. The molecule has 1 aromatic heterocycles. The van der Waals surface area contributed by atoms with E-state index in [0.717, 1.165) is 4.57 Å². The van der Waals surface area contributed by atoms with Gasteiger partial charge >= 0.3 is 6.18 Å². The first kappa shape index (κ1) is 18.1. The molecule has 0 saturated carbocycles. The van der Waals surface area contributed by atoms with Gasteiger partial charge in [-0.25, -0.2) is 4.98 Å². The van der Waals surface area contributed by atoms with E-state index in [-0.39, 0.29) is 12.1 Å². The summed E-state index contributed by atoms with van der Waals surface area (Å²) in [4.78, 5) is 3.62. The topological polar surface area (TPSA) is 73.9 Å². The minimum absolute atomic E-state index is 0.204. The van der Waals surface area contributed by atoms with Crippen LogP contribution >= 0.6 is 11.6 Å². The minimum atomic E-state index is -4.90. The molecule has 1 atom stereocenters. The second kappa shape index (κ2) is 6.71. The smallest absolute Gasteiger partial charge is 0.384 e. The third-order valence-electron chi connectivity index (χ3n) is 3.56. The van der Waals surface area contributed by atoms with Crippen molar-refractivity contribution in [2.45, 2.75) is 18.2 Å². The lowest BCUT2D eigenvalue weighted by atomic mass is 9.97. The number of aliphatic hydroxyl groups is 1. The maximum absolute atomic E-state index is 13.4. The number of rotatable bonds is 5. The Kier molecular flexibility index (Phi) is 5.06. The molecule has 0 radical (unpaired) electrons. The van der Waals surface area contributed by atoms with E-state index in [0.29, 0.717) is 10.7 Å². The van der Waals surface area contributed by atoms with Crippen LogP contribution in [0, 0.1) is 11.3 Å². The predicted octanol–water partition coefficient (Wildman–Crippen LogP) is 3.20. The first-order chi connectivity index (χ1) is 11.2. The van der Waals surface area contributed by atoms with Gasteiger partial charge in [0.05, 0.1) is 11.3 Å². The Hall–Kier alpha value is -2.24. The standard InChI is InChI=1S/C15H14ClF3N4O/c1-23-7-6-22-13(23)14(24,15(17,18)19)4-5-21-12-3-2-11(16)8-10(12)9-20/h2-3,6-8,21,24H,4-5H2,1H3. The van der Waals surface area contributed by atoms with E-state index in [1.165, 1.54) is 37.6 Å². The summed E-state index contributed by atoms with van der Waals surface area (Å²) in [5.41, 5.74) is -2.56. The van der Waals surface area contributed by atoms with Crippen molar-refractivity contribution in [3.05, 3.63) is 47.0 Å². The van der Waals surface area contributed by atoms with Gasteiger partial charge in [0.15, 0.2) is 0 Å². The van der Waals surface area contributed by atoms with Crippen LogP contribution in [0.3, 0.4) is 0 Å². The van der Waals surface area contributed by atoms with Gasteiger partial charge in [-0.15, -0.1) is 0 Å². The normalized spacial score (nSPS) is 14.0. The van der Waals surface area contributed by atoms with E-state index in [1.807, 2.05) is 6.07 Å². The van der Waals surface area contributed by atoms with Crippen molar-refractivity contribution in [2.75, 3.05) is 11.9 Å². The van der Waals surface area contributed by atoms with Crippen molar-refractivity contribution in [1.82, 2.24) is 9.55 Å². The third kappa shape index (κ3) is 3.47. The van der Waals surface area contributed by atoms with Crippen LogP contribution in [0.4, 0.5) is 18.9 Å². The minimum Gasteiger partial charge on any atom is -0.384 e. The van der Waals surface area contributed by atoms with Gasteiger partial charge in [0, 0.05) is 37.4 Å². The van der Waals surface area contributed by atoms with Gasteiger partial charge in [0.2, 0.25) is 5.60 Å². The van der Waals surface area contributed by atoms with Crippen LogP contribution in [-0.2, 0) is 12.6 Å². The molecule has 0 saturated heterocycles. The van der Waals surface area contributed by atoms with E-state index >= 15 is 0 Å². The third-order valence-corrected chi connectivity index (χ3v) is 3.80. The van der Waals surface area contributed by atoms with Crippen molar-refractivity contribution in [1.29, 1.82) is 5.26 Å². The first-order valence-electron chi connectivity index (χ1n) is 6.89. The second-order valence-electron chi connectivity index (χ2n) is 5.20. The van der Waals surface area contributed by atoms with Gasteiger partial charge in [-0.1, -0.05) is 11.6 Å². The zero-order valence-electron chi connectivity index (χ0n) is 12.6. The van der Waals surface area contributed by atoms with Gasteiger partial charge < -0.3 is 15.0 Å². The number of anilines is 1. The highest BCUT2D eigenvalue weighted by molar-refractivity contribution is 6.30. The monoisotopic (exact) mass is 358 g/mol. The lowest BCUT2D eigenvalue weighted by Crippen LogP contribution is -2.45. The largest absolute Gasteiger partial charge is 0.424 e. The Bertz CT molecular complexity index is 769. The molecular formula is C15H14ClF3N4O. The maximum Gasteiger partial charge on any atom is 0.424 e. The summed E-state index contributed by atoms with van der Waals surface area (Å²) in [5.74, 6) is -0.492. The summed E-state index contributed by atoms with van der Waals surface area (Å²) in [5, 5.41) is 22.3. The second-order valence-corrected chi connectivity index (χ2v) is 5.63. The predicted molar refractivity (Wildman–Crippen MR) is 82.4 cm³/mol. The van der Waals surface area contributed by atoms with Crippen LogP contribution in [0.5, 0.6) is 0 Å². The summed E-state index contributed by atoms with van der Waals surface area (Å²) >= 11 is 5.77. The molecule has 0 amide bonds. The van der Waals surface area contributed by atoms with Gasteiger partial charge in [-0.2, -0.15) is 18.4 Å². The van der Waals surface area contributed by atoms with Crippen LogP contribution in [0.1, 0.15) is 17.8 Å². The number of benzene rings is 1. The SMILES string of the molecule is Cn1ccnc1C(O)(CCNc1ccc(Cl)cc1C#N)C(F)(F)F. The molecule has 128 valence electrons. The molecule has 0 aliphatic rings. The average Bonchev–Trinajstić information content (AvgIpc) is 2.93. The van der Waals surface area contributed by atoms with Crippen LogP contribution in [0.25, 0.3) is 0 Å². The van der Waals surface area contributed by atoms with Gasteiger partial charge in [0.1, 0.15) is 11.9 Å². The highest BCUT2D eigenvalue weighted by Gasteiger charge is 2.57. The molecule has 0 bridgehead atoms. The van der Waals surface area contributed by atoms with Gasteiger partial charge in [-0.3, -0.25) is 0 Å². The van der Waals surface area contributed by atoms with Crippen LogP contribution in [0.15, 0.2) is 30.6 Å². The molecule has 0 fully saturated rings. The molecule has 2 N–H and O–H groups in total. The molecule has 24 heavy (non-hydrogen) atoms. The van der Waals surface area contributed by atoms with Crippen molar-refractivity contribution < 1.29 is 18.3 Å². The van der Waals surface area contributed by atoms with E-state index < -0.39 is 24.0 Å². The van der Waals surface area contributed by atoms with Crippen molar-refractivity contribution in [3.8, 4) is 6.07 Å². The number of aromatic nitrogens is 2. The van der Waals surface area contributed by atoms with Crippen LogP contribution < -0.4 is 5.32 Å². The summed E-state index contributed by atoms with van der Waals surface area (Å²) in [6.07, 6.45) is -3.06. The number of aryl methyl sites for hydroxylation is 1. The molecule has 1 aromatic carbocycles. The molecule has 0 aliphatic heterocycles. The number of hydrogen-bond acceptors (Lipinski definition) is 4. The lowest BCUT2D eigenvalue weighted by molar-refractivity contribution is -0.271. The van der Waals surface area contributed by atoms with Gasteiger partial charge in [0.25, 0.3) is 0 Å². The molecule has 2 aromatic rings. The molecule has 9 heteroatoms. The quantitative estimate of drug-likeness (QED) is 0.860. The lowest BCUT2D eigenvalue weighted by Gasteiger charge is -2.30. The molecule has 0 aliphatic carbocycles. The first-order valence-corrected chi connectivity index (χ1v) is 7.27. The highest BCUT2D eigenvalue weighted by atomic mass is 35.5. The number of hydrogen-bond donors (Lipinski definition) is 2. The van der Waals surface area contributed by atoms with E-state index in [9.17, 15) is 18.3 Å². The summed E-state index contributed by atoms with van der Waals surface area (Å²) < 4.78 is 41.2. The zero-order valence-corrected chi connectivity index (χ0v) is 13.4. The van der Waals surface area contributed by atoms with Crippen LogP contribution in [0.2, 0.25) is 5.02 Å². The van der Waals surface area contributed by atoms with E-state index in [4.69, 9.17) is 16.9 Å². The van der Waals surface area contributed by atoms with Crippen molar-refractivity contribution >= 4 is 17.3 Å².